The van der Waals surface area contributed by atoms with E-state index < -0.39 is 15.7 Å². The van der Waals surface area contributed by atoms with Crippen LogP contribution in [0.15, 0.2) is 64.0 Å². The van der Waals surface area contributed by atoms with Gasteiger partial charge in [0.1, 0.15) is 11.6 Å². The summed E-state index contributed by atoms with van der Waals surface area (Å²) in [6, 6.07) is 14.5. The maximum Gasteiger partial charge on any atom is 0.184 e. The molecule has 0 N–H and O–H groups in total. The zero-order valence-electron chi connectivity index (χ0n) is 12.4. The maximum absolute atomic E-state index is 13.1. The van der Waals surface area contributed by atoms with Gasteiger partial charge in [-0.1, -0.05) is 35.5 Å². The third kappa shape index (κ3) is 3.32. The summed E-state index contributed by atoms with van der Waals surface area (Å²) in [5, 5.41) is 3.82. The predicted molar refractivity (Wildman–Crippen MR) is 84.0 cm³/mol. The van der Waals surface area contributed by atoms with E-state index in [-0.39, 0.29) is 10.6 Å². The Balaban J connectivity index is 1.88. The first-order chi connectivity index (χ1) is 11.0. The second-order valence-corrected chi connectivity index (χ2v) is 7.18. The maximum atomic E-state index is 13.1. The Kier molecular flexibility index (Phi) is 4.00. The molecule has 118 valence electrons. The number of benzene rings is 2. The van der Waals surface area contributed by atoms with Crippen LogP contribution in [-0.2, 0) is 15.6 Å². The first-order valence-corrected chi connectivity index (χ1v) is 8.61. The van der Waals surface area contributed by atoms with Crippen molar-refractivity contribution in [3.05, 3.63) is 71.7 Å². The van der Waals surface area contributed by atoms with Crippen LogP contribution in [0, 0.1) is 12.7 Å². The van der Waals surface area contributed by atoms with Crippen molar-refractivity contribution in [2.24, 2.45) is 0 Å². The van der Waals surface area contributed by atoms with Gasteiger partial charge in [0.25, 0.3) is 0 Å². The molecule has 0 atom stereocenters. The highest BCUT2D eigenvalue weighted by atomic mass is 32.2. The van der Waals surface area contributed by atoms with Crippen LogP contribution >= 0.6 is 0 Å². The van der Waals surface area contributed by atoms with Crippen LogP contribution in [0.3, 0.4) is 0 Å². The van der Waals surface area contributed by atoms with E-state index in [1.807, 2.05) is 30.3 Å². The van der Waals surface area contributed by atoms with Crippen molar-refractivity contribution in [3.8, 4) is 11.3 Å². The highest BCUT2D eigenvalue weighted by Gasteiger charge is 2.20. The Hall–Kier alpha value is -2.47. The molecule has 4 nitrogen and oxygen atoms in total. The van der Waals surface area contributed by atoms with Crippen LogP contribution in [0.4, 0.5) is 4.39 Å². The average molecular weight is 331 g/mol. The highest BCUT2D eigenvalue weighted by Crippen LogP contribution is 2.24. The summed E-state index contributed by atoms with van der Waals surface area (Å²) >= 11 is 0. The van der Waals surface area contributed by atoms with E-state index in [0.29, 0.717) is 17.0 Å². The molecule has 1 heterocycles. The molecule has 0 fully saturated rings. The number of nitrogens with zero attached hydrogens (tertiary/aromatic N) is 1. The van der Waals surface area contributed by atoms with E-state index in [9.17, 15) is 12.8 Å². The van der Waals surface area contributed by atoms with Crippen molar-refractivity contribution in [1.29, 1.82) is 0 Å². The molecule has 0 amide bonds. The summed E-state index contributed by atoms with van der Waals surface area (Å²) in [4.78, 5) is 0.100. The van der Waals surface area contributed by atoms with Crippen molar-refractivity contribution in [3.63, 3.8) is 0 Å². The first-order valence-electron chi connectivity index (χ1n) is 6.96. The largest absolute Gasteiger partial charge is 0.356 e. The van der Waals surface area contributed by atoms with Gasteiger partial charge < -0.3 is 4.52 Å². The van der Waals surface area contributed by atoms with E-state index in [1.165, 1.54) is 12.1 Å². The molecule has 0 saturated carbocycles. The molecule has 1 aromatic heterocycles. The molecule has 23 heavy (non-hydrogen) atoms. The fourth-order valence-corrected chi connectivity index (χ4v) is 3.86. The molecule has 0 spiro atoms. The summed E-state index contributed by atoms with van der Waals surface area (Å²) in [6.07, 6.45) is 0. The minimum atomic E-state index is -3.62. The fraction of sp³-hybridized carbons (Fsp3) is 0.118. The van der Waals surface area contributed by atoms with Crippen molar-refractivity contribution in [2.75, 3.05) is 0 Å². The minimum Gasteiger partial charge on any atom is -0.356 e. The van der Waals surface area contributed by atoms with Gasteiger partial charge in [0.15, 0.2) is 15.6 Å². The topological polar surface area (TPSA) is 60.2 Å². The summed E-state index contributed by atoms with van der Waals surface area (Å²) in [5.74, 6) is -0.253. The van der Waals surface area contributed by atoms with Crippen LogP contribution in [-0.4, -0.2) is 13.6 Å². The lowest BCUT2D eigenvalue weighted by Crippen LogP contribution is -2.07. The molecule has 3 aromatic rings. The van der Waals surface area contributed by atoms with Crippen molar-refractivity contribution in [1.82, 2.24) is 5.16 Å². The highest BCUT2D eigenvalue weighted by molar-refractivity contribution is 7.90. The third-order valence-electron chi connectivity index (χ3n) is 3.43. The number of aryl methyl sites for hydroxylation is 1. The second kappa shape index (κ2) is 5.96. The first kappa shape index (κ1) is 15.4. The van der Waals surface area contributed by atoms with E-state index in [1.54, 1.807) is 13.0 Å². The molecule has 6 heteroatoms. The molecule has 0 bridgehead atoms. The molecular formula is C17H14FNO3S. The Morgan fingerprint density at radius 2 is 1.83 bits per heavy atom. The number of halogens is 1. The molecule has 0 radical (unpaired) electrons. The van der Waals surface area contributed by atoms with Gasteiger partial charge in [0.2, 0.25) is 0 Å². The zero-order chi connectivity index (χ0) is 16.4. The lowest BCUT2D eigenvalue weighted by molar-refractivity contribution is 0.425. The van der Waals surface area contributed by atoms with Gasteiger partial charge in [-0.3, -0.25) is 0 Å². The normalized spacial score (nSPS) is 11.6. The van der Waals surface area contributed by atoms with Gasteiger partial charge in [-0.25, -0.2) is 12.8 Å². The van der Waals surface area contributed by atoms with Gasteiger partial charge in [-0.05, 0) is 30.7 Å². The number of aromatic nitrogens is 1. The zero-order valence-corrected chi connectivity index (χ0v) is 13.2. The molecular weight excluding hydrogens is 317 g/mol. The van der Waals surface area contributed by atoms with Crippen LogP contribution in [0.25, 0.3) is 11.3 Å². The second-order valence-electron chi connectivity index (χ2n) is 5.22. The van der Waals surface area contributed by atoms with Gasteiger partial charge in [-0.2, -0.15) is 0 Å². The molecule has 3 rings (SSSR count). The number of hydrogen-bond acceptors (Lipinski definition) is 4. The fourth-order valence-electron chi connectivity index (χ4n) is 2.35. The Morgan fingerprint density at radius 1 is 1.09 bits per heavy atom. The predicted octanol–water partition coefficient (Wildman–Crippen LogP) is 3.76. The molecule has 0 aliphatic heterocycles. The monoisotopic (exact) mass is 331 g/mol. The molecule has 0 aliphatic carbocycles. The van der Waals surface area contributed by atoms with Gasteiger partial charge in [-0.15, -0.1) is 0 Å². The smallest absolute Gasteiger partial charge is 0.184 e. The molecule has 0 unspecified atom stereocenters. The van der Waals surface area contributed by atoms with Crippen molar-refractivity contribution < 1.29 is 17.3 Å². The summed E-state index contributed by atoms with van der Waals surface area (Å²) < 4.78 is 43.3. The lowest BCUT2D eigenvalue weighted by Gasteiger charge is -2.05. The van der Waals surface area contributed by atoms with Crippen LogP contribution in [0.2, 0.25) is 0 Å². The molecule has 2 aromatic carbocycles. The van der Waals surface area contributed by atoms with Crippen molar-refractivity contribution in [2.45, 2.75) is 17.6 Å². The Bertz CT molecular complexity index is 933. The van der Waals surface area contributed by atoms with E-state index in [2.05, 4.69) is 5.16 Å². The Labute approximate surface area is 133 Å². The van der Waals surface area contributed by atoms with Gasteiger partial charge >= 0.3 is 0 Å². The summed E-state index contributed by atoms with van der Waals surface area (Å²) in [5.41, 5.74) is 1.51. The average Bonchev–Trinajstić information content (AvgIpc) is 2.95. The van der Waals surface area contributed by atoms with E-state index in [4.69, 9.17) is 4.52 Å². The standard InChI is InChI=1S/C17H14FNO3S/c1-12-9-14(18)7-8-17(12)23(20,21)11-15-10-16(22-19-15)13-5-3-2-4-6-13/h2-10H,11H2,1H3. The van der Waals surface area contributed by atoms with Crippen molar-refractivity contribution >= 4 is 9.84 Å². The van der Waals surface area contributed by atoms with Crippen LogP contribution < -0.4 is 0 Å². The Morgan fingerprint density at radius 3 is 2.52 bits per heavy atom. The number of rotatable bonds is 4. The third-order valence-corrected chi connectivity index (χ3v) is 5.23. The number of hydrogen-bond donors (Lipinski definition) is 0. The SMILES string of the molecule is Cc1cc(F)ccc1S(=O)(=O)Cc1cc(-c2ccccc2)on1. The van der Waals surface area contributed by atoms with Gasteiger partial charge in [0, 0.05) is 11.6 Å². The van der Waals surface area contributed by atoms with E-state index >= 15 is 0 Å². The van der Waals surface area contributed by atoms with Crippen LogP contribution in [0.5, 0.6) is 0 Å². The minimum absolute atomic E-state index is 0.100. The van der Waals surface area contributed by atoms with E-state index in [0.717, 1.165) is 11.6 Å². The molecule has 0 aliphatic rings. The van der Waals surface area contributed by atoms with Crippen LogP contribution in [0.1, 0.15) is 11.3 Å². The number of sulfone groups is 1. The quantitative estimate of drug-likeness (QED) is 0.683. The van der Waals surface area contributed by atoms with Gasteiger partial charge in [0.05, 0.1) is 10.6 Å². The summed E-state index contributed by atoms with van der Waals surface area (Å²) in [7, 11) is -3.62. The molecule has 0 saturated heterocycles. The summed E-state index contributed by atoms with van der Waals surface area (Å²) in [6.45, 7) is 1.56. The lowest BCUT2D eigenvalue weighted by atomic mass is 10.2.